The van der Waals surface area contributed by atoms with Crippen LogP contribution in [0.1, 0.15) is 17.7 Å². The molecule has 0 aliphatic heterocycles. The highest BCUT2D eigenvalue weighted by atomic mass is 127. The largest absolute Gasteiger partial charge is 0.497 e. The van der Waals surface area contributed by atoms with Crippen LogP contribution in [0, 0.1) is 0 Å². The van der Waals surface area contributed by atoms with Gasteiger partial charge in [-0.3, -0.25) is 9.98 Å². The highest BCUT2D eigenvalue weighted by molar-refractivity contribution is 14.0. The van der Waals surface area contributed by atoms with Crippen LogP contribution in [0.5, 0.6) is 5.75 Å². The van der Waals surface area contributed by atoms with Gasteiger partial charge in [0.15, 0.2) is 5.96 Å². The van der Waals surface area contributed by atoms with Crippen LogP contribution in [0.3, 0.4) is 0 Å². The first-order chi connectivity index (χ1) is 11.3. The summed E-state index contributed by atoms with van der Waals surface area (Å²) in [6.07, 6.45) is 3.85. The average Bonchev–Trinajstić information content (AvgIpc) is 2.62. The second-order valence-electron chi connectivity index (χ2n) is 5.13. The maximum Gasteiger partial charge on any atom is 0.191 e. The summed E-state index contributed by atoms with van der Waals surface area (Å²) in [5.41, 5.74) is 2.30. The zero-order valence-corrected chi connectivity index (χ0v) is 16.5. The third kappa shape index (κ3) is 7.16. The van der Waals surface area contributed by atoms with Crippen molar-refractivity contribution in [1.82, 2.24) is 15.6 Å². The van der Waals surface area contributed by atoms with E-state index in [2.05, 4.69) is 32.7 Å². The summed E-state index contributed by atoms with van der Waals surface area (Å²) in [6.45, 7) is 1.53. The third-order valence-electron chi connectivity index (χ3n) is 3.48. The molecule has 1 aromatic carbocycles. The van der Waals surface area contributed by atoms with Crippen LogP contribution in [-0.2, 0) is 13.0 Å². The fourth-order valence-corrected chi connectivity index (χ4v) is 2.19. The second kappa shape index (κ2) is 11.7. The van der Waals surface area contributed by atoms with Gasteiger partial charge in [-0.25, -0.2) is 0 Å². The van der Waals surface area contributed by atoms with Crippen molar-refractivity contribution in [3.05, 3.63) is 59.9 Å². The fraction of sp³-hybridized carbons (Fsp3) is 0.333. The number of aliphatic imine (C=N–C) groups is 1. The Morgan fingerprint density at radius 2 is 1.92 bits per heavy atom. The summed E-state index contributed by atoms with van der Waals surface area (Å²) in [5, 5.41) is 6.58. The maximum absolute atomic E-state index is 5.16. The number of nitrogens with zero attached hydrogens (tertiary/aromatic N) is 2. The van der Waals surface area contributed by atoms with E-state index in [0.29, 0.717) is 6.54 Å². The first kappa shape index (κ1) is 20.2. The van der Waals surface area contributed by atoms with Gasteiger partial charge >= 0.3 is 0 Å². The summed E-state index contributed by atoms with van der Waals surface area (Å²) in [5.74, 6) is 1.69. The number of ether oxygens (including phenoxy) is 1. The van der Waals surface area contributed by atoms with Crippen LogP contribution < -0.4 is 15.4 Å². The van der Waals surface area contributed by atoms with Crippen molar-refractivity contribution < 1.29 is 4.74 Å². The lowest BCUT2D eigenvalue weighted by Crippen LogP contribution is -2.37. The van der Waals surface area contributed by atoms with Crippen molar-refractivity contribution in [2.45, 2.75) is 19.4 Å². The highest BCUT2D eigenvalue weighted by Gasteiger charge is 1.99. The molecule has 130 valence electrons. The van der Waals surface area contributed by atoms with E-state index in [9.17, 15) is 0 Å². The highest BCUT2D eigenvalue weighted by Crippen LogP contribution is 2.12. The van der Waals surface area contributed by atoms with E-state index >= 15 is 0 Å². The van der Waals surface area contributed by atoms with Crippen LogP contribution in [0.2, 0.25) is 0 Å². The number of rotatable bonds is 7. The van der Waals surface area contributed by atoms with Crippen molar-refractivity contribution in [3.63, 3.8) is 0 Å². The second-order valence-corrected chi connectivity index (χ2v) is 5.13. The Morgan fingerprint density at radius 1 is 1.12 bits per heavy atom. The summed E-state index contributed by atoms with van der Waals surface area (Å²) < 4.78 is 5.16. The number of nitrogens with one attached hydrogen (secondary N) is 2. The number of hydrogen-bond acceptors (Lipinski definition) is 3. The Balaban J connectivity index is 0.00000288. The Labute approximate surface area is 161 Å². The van der Waals surface area contributed by atoms with E-state index in [-0.39, 0.29) is 24.0 Å². The zero-order chi connectivity index (χ0) is 16.3. The predicted molar refractivity (Wildman–Crippen MR) is 109 cm³/mol. The quantitative estimate of drug-likeness (QED) is 0.301. The molecule has 0 aliphatic rings. The van der Waals surface area contributed by atoms with E-state index in [1.54, 1.807) is 20.4 Å². The summed E-state index contributed by atoms with van der Waals surface area (Å²) in [7, 11) is 3.46. The maximum atomic E-state index is 5.16. The fourth-order valence-electron chi connectivity index (χ4n) is 2.19. The summed E-state index contributed by atoms with van der Waals surface area (Å²) in [6, 6.07) is 14.1. The Morgan fingerprint density at radius 3 is 2.54 bits per heavy atom. The molecule has 0 atom stereocenters. The number of pyridine rings is 1. The molecule has 0 spiro atoms. The average molecular weight is 440 g/mol. The lowest BCUT2D eigenvalue weighted by atomic mass is 10.1. The first-order valence-electron chi connectivity index (χ1n) is 7.79. The molecule has 0 fully saturated rings. The molecule has 0 radical (unpaired) electrons. The Bertz CT molecular complexity index is 602. The van der Waals surface area contributed by atoms with Crippen LogP contribution in [-0.4, -0.2) is 31.6 Å². The molecule has 5 nitrogen and oxygen atoms in total. The minimum absolute atomic E-state index is 0. The van der Waals surface area contributed by atoms with Gasteiger partial charge in [-0.15, -0.1) is 24.0 Å². The van der Waals surface area contributed by atoms with Crippen molar-refractivity contribution in [2.75, 3.05) is 20.7 Å². The lowest BCUT2D eigenvalue weighted by Gasteiger charge is -2.11. The number of guanidine groups is 1. The molecule has 1 heterocycles. The van der Waals surface area contributed by atoms with E-state index < -0.39 is 0 Å². The van der Waals surface area contributed by atoms with Crippen LogP contribution in [0.15, 0.2) is 53.7 Å². The number of aryl methyl sites for hydroxylation is 1. The Kier molecular flexibility index (Phi) is 9.83. The van der Waals surface area contributed by atoms with Gasteiger partial charge < -0.3 is 15.4 Å². The number of methoxy groups -OCH3 is 1. The molecule has 24 heavy (non-hydrogen) atoms. The van der Waals surface area contributed by atoms with E-state index in [0.717, 1.165) is 36.8 Å². The van der Waals surface area contributed by atoms with Crippen molar-refractivity contribution in [3.8, 4) is 5.75 Å². The van der Waals surface area contributed by atoms with Gasteiger partial charge in [-0.1, -0.05) is 18.2 Å². The monoisotopic (exact) mass is 440 g/mol. The number of hydrogen-bond donors (Lipinski definition) is 2. The Hall–Kier alpha value is -1.83. The van der Waals surface area contributed by atoms with Gasteiger partial charge in [-0.05, 0) is 42.7 Å². The van der Waals surface area contributed by atoms with E-state index in [4.69, 9.17) is 4.74 Å². The van der Waals surface area contributed by atoms with Gasteiger partial charge in [0.2, 0.25) is 0 Å². The van der Waals surface area contributed by atoms with Gasteiger partial charge in [0.1, 0.15) is 5.75 Å². The van der Waals surface area contributed by atoms with E-state index in [1.807, 2.05) is 30.3 Å². The van der Waals surface area contributed by atoms with E-state index in [1.165, 1.54) is 5.56 Å². The molecule has 6 heteroatoms. The van der Waals surface area contributed by atoms with Gasteiger partial charge in [0.05, 0.1) is 19.3 Å². The molecule has 0 unspecified atom stereocenters. The van der Waals surface area contributed by atoms with Gasteiger partial charge in [-0.2, -0.15) is 0 Å². The van der Waals surface area contributed by atoms with Crippen molar-refractivity contribution >= 4 is 29.9 Å². The molecule has 0 saturated carbocycles. The molecule has 2 aromatic rings. The first-order valence-corrected chi connectivity index (χ1v) is 7.79. The zero-order valence-electron chi connectivity index (χ0n) is 14.2. The number of benzene rings is 1. The smallest absolute Gasteiger partial charge is 0.191 e. The molecule has 0 amide bonds. The number of aromatic nitrogens is 1. The topological polar surface area (TPSA) is 58.5 Å². The summed E-state index contributed by atoms with van der Waals surface area (Å²) in [4.78, 5) is 8.50. The van der Waals surface area contributed by atoms with Crippen molar-refractivity contribution in [2.24, 2.45) is 4.99 Å². The lowest BCUT2D eigenvalue weighted by molar-refractivity contribution is 0.414. The molecule has 0 saturated heterocycles. The third-order valence-corrected chi connectivity index (χ3v) is 3.48. The molecule has 0 bridgehead atoms. The molecule has 1 aromatic heterocycles. The summed E-state index contributed by atoms with van der Waals surface area (Å²) >= 11 is 0. The minimum atomic E-state index is 0. The molecule has 0 aliphatic carbocycles. The molecule has 2 N–H and O–H groups in total. The van der Waals surface area contributed by atoms with Crippen LogP contribution in [0.25, 0.3) is 0 Å². The van der Waals surface area contributed by atoms with Crippen LogP contribution >= 0.6 is 24.0 Å². The minimum Gasteiger partial charge on any atom is -0.497 e. The van der Waals surface area contributed by atoms with Gasteiger partial charge in [0.25, 0.3) is 0 Å². The predicted octanol–water partition coefficient (Wildman–Crippen LogP) is 3.01. The number of halogens is 1. The van der Waals surface area contributed by atoms with Gasteiger partial charge in [0, 0.05) is 19.8 Å². The molecule has 2 rings (SSSR count). The standard InChI is InChI=1S/C18H24N4O.HI/c1-19-18(22-14-16-7-3-4-12-20-16)21-13-5-6-15-8-10-17(23-2)11-9-15;/h3-4,7-12H,5-6,13-14H2,1-2H3,(H2,19,21,22);1H. The van der Waals surface area contributed by atoms with Crippen molar-refractivity contribution in [1.29, 1.82) is 0 Å². The SMILES string of the molecule is CN=C(NCCCc1ccc(OC)cc1)NCc1ccccn1.I. The normalized spacial score (nSPS) is 10.7. The van der Waals surface area contributed by atoms with Crippen LogP contribution in [0.4, 0.5) is 0 Å². The molecular formula is C18H25IN4O. The molecular weight excluding hydrogens is 415 g/mol.